The van der Waals surface area contributed by atoms with E-state index in [2.05, 4.69) is 5.32 Å². The Hall–Kier alpha value is -1.29. The third kappa shape index (κ3) is 2.09. The van der Waals surface area contributed by atoms with E-state index >= 15 is 0 Å². The van der Waals surface area contributed by atoms with Gasteiger partial charge in [-0.1, -0.05) is 6.08 Å². The SMILES string of the molecule is CC(=O)NC1C=CC=CN1N. The lowest BCUT2D eigenvalue weighted by Crippen LogP contribution is -2.47. The Labute approximate surface area is 65.3 Å². The van der Waals surface area contributed by atoms with E-state index in [4.69, 9.17) is 5.84 Å². The van der Waals surface area contributed by atoms with E-state index in [1.807, 2.05) is 6.08 Å². The molecule has 1 amide bonds. The summed E-state index contributed by atoms with van der Waals surface area (Å²) in [5.41, 5.74) is 0. The van der Waals surface area contributed by atoms with Gasteiger partial charge in [0.2, 0.25) is 5.91 Å². The van der Waals surface area contributed by atoms with Gasteiger partial charge in [0.05, 0.1) is 0 Å². The number of rotatable bonds is 1. The molecule has 0 fully saturated rings. The van der Waals surface area contributed by atoms with Crippen molar-refractivity contribution in [1.82, 2.24) is 10.3 Å². The van der Waals surface area contributed by atoms with Crippen LogP contribution >= 0.6 is 0 Å². The molecular weight excluding hydrogens is 142 g/mol. The van der Waals surface area contributed by atoms with Crippen LogP contribution in [0.15, 0.2) is 24.4 Å². The van der Waals surface area contributed by atoms with Crippen LogP contribution in [0.5, 0.6) is 0 Å². The molecule has 0 aliphatic carbocycles. The van der Waals surface area contributed by atoms with Crippen LogP contribution in [0.3, 0.4) is 0 Å². The van der Waals surface area contributed by atoms with Crippen LogP contribution in [0.1, 0.15) is 6.92 Å². The van der Waals surface area contributed by atoms with Crippen molar-refractivity contribution in [3.63, 3.8) is 0 Å². The van der Waals surface area contributed by atoms with Gasteiger partial charge in [0.15, 0.2) is 0 Å². The third-order valence-electron chi connectivity index (χ3n) is 1.34. The molecule has 0 saturated carbocycles. The molecule has 11 heavy (non-hydrogen) atoms. The first-order valence-electron chi connectivity index (χ1n) is 3.35. The first kappa shape index (κ1) is 7.81. The van der Waals surface area contributed by atoms with E-state index in [9.17, 15) is 4.79 Å². The minimum atomic E-state index is -0.211. The lowest BCUT2D eigenvalue weighted by atomic mass is 10.3. The summed E-state index contributed by atoms with van der Waals surface area (Å²) in [5.74, 6) is 5.42. The topological polar surface area (TPSA) is 58.4 Å². The molecule has 1 aliphatic rings. The average molecular weight is 153 g/mol. The minimum absolute atomic E-state index is 0.0922. The zero-order valence-corrected chi connectivity index (χ0v) is 6.32. The third-order valence-corrected chi connectivity index (χ3v) is 1.34. The van der Waals surface area contributed by atoms with Crippen molar-refractivity contribution >= 4 is 5.91 Å². The Morgan fingerprint density at radius 2 is 2.36 bits per heavy atom. The molecular formula is C7H11N3O. The number of nitrogens with two attached hydrogens (primary N) is 1. The maximum absolute atomic E-state index is 10.6. The molecule has 0 aromatic heterocycles. The molecule has 1 atom stereocenters. The standard InChI is InChI=1S/C7H11N3O/c1-6(11)9-7-4-2-3-5-10(7)8/h2-5,7H,8H2,1H3,(H,9,11). The molecule has 0 aromatic rings. The van der Waals surface area contributed by atoms with Crippen molar-refractivity contribution in [3.8, 4) is 0 Å². The normalized spacial score (nSPS) is 22.0. The number of nitrogens with zero attached hydrogens (tertiary/aromatic N) is 1. The van der Waals surface area contributed by atoms with Crippen LogP contribution in [0, 0.1) is 0 Å². The largest absolute Gasteiger partial charge is 0.332 e. The highest BCUT2D eigenvalue weighted by atomic mass is 16.1. The first-order chi connectivity index (χ1) is 5.20. The molecule has 3 N–H and O–H groups in total. The van der Waals surface area contributed by atoms with E-state index in [0.29, 0.717) is 0 Å². The molecule has 0 saturated heterocycles. The molecule has 1 rings (SSSR count). The van der Waals surface area contributed by atoms with Crippen molar-refractivity contribution in [2.45, 2.75) is 13.1 Å². The molecule has 1 unspecified atom stereocenters. The Morgan fingerprint density at radius 3 is 2.91 bits per heavy atom. The lowest BCUT2D eigenvalue weighted by molar-refractivity contribution is -0.120. The van der Waals surface area contributed by atoms with Gasteiger partial charge in [0.1, 0.15) is 6.17 Å². The zero-order chi connectivity index (χ0) is 8.27. The number of hydrogen-bond acceptors (Lipinski definition) is 3. The van der Waals surface area contributed by atoms with Crippen LogP contribution in [0.2, 0.25) is 0 Å². The maximum atomic E-state index is 10.6. The lowest BCUT2D eigenvalue weighted by Gasteiger charge is -2.25. The van der Waals surface area contributed by atoms with Crippen molar-refractivity contribution in [3.05, 3.63) is 24.4 Å². The minimum Gasteiger partial charge on any atom is -0.332 e. The number of carbonyl (C=O) groups is 1. The fourth-order valence-electron chi connectivity index (χ4n) is 0.841. The van der Waals surface area contributed by atoms with Crippen LogP contribution in [-0.2, 0) is 4.79 Å². The van der Waals surface area contributed by atoms with E-state index in [1.165, 1.54) is 11.9 Å². The number of amides is 1. The van der Waals surface area contributed by atoms with Crippen LogP contribution < -0.4 is 11.2 Å². The van der Waals surface area contributed by atoms with Gasteiger partial charge < -0.3 is 5.32 Å². The molecule has 0 spiro atoms. The van der Waals surface area contributed by atoms with Gasteiger partial charge >= 0.3 is 0 Å². The number of nitrogens with one attached hydrogen (secondary N) is 1. The Balaban J connectivity index is 2.52. The summed E-state index contributed by atoms with van der Waals surface area (Å²) in [4.78, 5) is 10.6. The zero-order valence-electron chi connectivity index (χ0n) is 6.32. The summed E-state index contributed by atoms with van der Waals surface area (Å²) in [7, 11) is 0. The van der Waals surface area contributed by atoms with Gasteiger partial charge in [-0.05, 0) is 12.2 Å². The molecule has 60 valence electrons. The fraction of sp³-hybridized carbons (Fsp3) is 0.286. The van der Waals surface area contributed by atoms with E-state index < -0.39 is 0 Å². The summed E-state index contributed by atoms with van der Waals surface area (Å²) in [6.45, 7) is 1.46. The van der Waals surface area contributed by atoms with Crippen molar-refractivity contribution in [1.29, 1.82) is 0 Å². The molecule has 4 nitrogen and oxygen atoms in total. The number of hydrogen-bond donors (Lipinski definition) is 2. The molecule has 4 heteroatoms. The van der Waals surface area contributed by atoms with Gasteiger partial charge in [-0.3, -0.25) is 9.80 Å². The van der Waals surface area contributed by atoms with Gasteiger partial charge in [0.25, 0.3) is 0 Å². The smallest absolute Gasteiger partial charge is 0.218 e. The Bertz CT molecular complexity index is 210. The summed E-state index contributed by atoms with van der Waals surface area (Å²) < 4.78 is 0. The van der Waals surface area contributed by atoms with Crippen molar-refractivity contribution in [2.24, 2.45) is 5.84 Å². The summed E-state index contributed by atoms with van der Waals surface area (Å²) in [6, 6.07) is 0. The number of hydrazine groups is 1. The van der Waals surface area contributed by atoms with E-state index in [1.54, 1.807) is 18.4 Å². The predicted octanol–water partition coefficient (Wildman–Crippen LogP) is -0.292. The first-order valence-corrected chi connectivity index (χ1v) is 3.35. The molecule has 0 radical (unpaired) electrons. The number of carbonyl (C=O) groups excluding carboxylic acids is 1. The quantitative estimate of drug-likeness (QED) is 0.509. The molecule has 1 heterocycles. The fourth-order valence-corrected chi connectivity index (χ4v) is 0.841. The van der Waals surface area contributed by atoms with E-state index in [-0.39, 0.29) is 12.1 Å². The second-order valence-corrected chi connectivity index (χ2v) is 2.32. The van der Waals surface area contributed by atoms with Gasteiger partial charge in [-0.15, -0.1) is 0 Å². The number of allylic oxidation sites excluding steroid dienone is 2. The van der Waals surface area contributed by atoms with Gasteiger partial charge in [-0.2, -0.15) is 0 Å². The summed E-state index contributed by atoms with van der Waals surface area (Å²) >= 11 is 0. The van der Waals surface area contributed by atoms with Crippen molar-refractivity contribution < 1.29 is 4.79 Å². The second kappa shape index (κ2) is 3.21. The highest BCUT2D eigenvalue weighted by Crippen LogP contribution is 1.99. The highest BCUT2D eigenvalue weighted by molar-refractivity contribution is 5.73. The summed E-state index contributed by atoms with van der Waals surface area (Å²) in [5, 5.41) is 4.09. The highest BCUT2D eigenvalue weighted by Gasteiger charge is 2.10. The molecule has 0 bridgehead atoms. The summed E-state index contributed by atoms with van der Waals surface area (Å²) in [6.07, 6.45) is 6.93. The monoisotopic (exact) mass is 153 g/mol. The molecule has 1 aliphatic heterocycles. The molecule has 0 aromatic carbocycles. The second-order valence-electron chi connectivity index (χ2n) is 2.32. The van der Waals surface area contributed by atoms with E-state index in [0.717, 1.165) is 0 Å². The Kier molecular flexibility index (Phi) is 2.28. The maximum Gasteiger partial charge on any atom is 0.218 e. The van der Waals surface area contributed by atoms with Crippen LogP contribution in [0.25, 0.3) is 0 Å². The average Bonchev–Trinajstić information content (AvgIpc) is 1.93. The van der Waals surface area contributed by atoms with Crippen LogP contribution in [-0.4, -0.2) is 17.1 Å². The predicted molar refractivity (Wildman–Crippen MR) is 41.9 cm³/mol. The van der Waals surface area contributed by atoms with Gasteiger partial charge in [0, 0.05) is 13.1 Å². The Morgan fingerprint density at radius 1 is 1.64 bits per heavy atom. The van der Waals surface area contributed by atoms with Gasteiger partial charge in [-0.25, -0.2) is 5.84 Å². The van der Waals surface area contributed by atoms with Crippen molar-refractivity contribution in [2.75, 3.05) is 0 Å². The van der Waals surface area contributed by atoms with Crippen LogP contribution in [0.4, 0.5) is 0 Å².